The van der Waals surface area contributed by atoms with E-state index in [1.54, 1.807) is 30.3 Å². The highest BCUT2D eigenvalue weighted by Crippen LogP contribution is 2.21. The Morgan fingerprint density at radius 2 is 1.88 bits per heavy atom. The Balaban J connectivity index is 1.81. The Bertz CT molecular complexity index is 913. The molecule has 0 atom stereocenters. The summed E-state index contributed by atoms with van der Waals surface area (Å²) in [5.74, 6) is -0.219. The fourth-order valence-electron chi connectivity index (χ4n) is 2.33. The van der Waals surface area contributed by atoms with Gasteiger partial charge in [-0.25, -0.2) is 14.4 Å². The minimum absolute atomic E-state index is 0.00777. The number of nitrogens with one attached hydrogen (secondary N) is 1. The second-order valence-electron chi connectivity index (χ2n) is 5.51. The Morgan fingerprint density at radius 3 is 2.56 bits per heavy atom. The largest absolute Gasteiger partial charge is 0.324 e. The first-order valence-electron chi connectivity index (χ1n) is 7.66. The van der Waals surface area contributed by atoms with Gasteiger partial charge in [-0.2, -0.15) is 0 Å². The van der Waals surface area contributed by atoms with Crippen LogP contribution in [0.2, 0.25) is 5.02 Å². The summed E-state index contributed by atoms with van der Waals surface area (Å²) in [7, 11) is 0. The number of rotatable bonds is 5. The maximum absolute atomic E-state index is 14.0. The number of aromatic nitrogens is 2. The molecule has 0 aliphatic heterocycles. The van der Waals surface area contributed by atoms with Crippen LogP contribution in [0.3, 0.4) is 0 Å². The molecule has 1 N–H and O–H groups in total. The summed E-state index contributed by atoms with van der Waals surface area (Å²) in [6.07, 6.45) is 1.40. The first kappa shape index (κ1) is 17.0. The maximum Gasteiger partial charge on any atom is 0.227 e. The number of carbonyl (C=O) groups is 1. The fraction of sp³-hybridized carbons (Fsp3) is 0.105. The minimum Gasteiger partial charge on any atom is -0.324 e. The van der Waals surface area contributed by atoms with Crippen molar-refractivity contribution in [2.24, 2.45) is 0 Å². The molecule has 0 saturated heterocycles. The van der Waals surface area contributed by atoms with Gasteiger partial charge in [0.2, 0.25) is 5.95 Å². The van der Waals surface area contributed by atoms with E-state index in [-0.39, 0.29) is 23.8 Å². The highest BCUT2D eigenvalue weighted by atomic mass is 35.5. The molecule has 0 amide bonds. The van der Waals surface area contributed by atoms with E-state index in [1.165, 1.54) is 6.92 Å². The number of hydrogen-bond acceptors (Lipinski definition) is 4. The van der Waals surface area contributed by atoms with E-state index < -0.39 is 5.82 Å². The van der Waals surface area contributed by atoms with Crippen molar-refractivity contribution in [2.45, 2.75) is 13.3 Å². The van der Waals surface area contributed by atoms with Crippen LogP contribution in [0.15, 0.2) is 54.7 Å². The Morgan fingerprint density at radius 1 is 1.16 bits per heavy atom. The van der Waals surface area contributed by atoms with Crippen LogP contribution < -0.4 is 5.32 Å². The van der Waals surface area contributed by atoms with Crippen molar-refractivity contribution in [1.29, 1.82) is 0 Å². The van der Waals surface area contributed by atoms with Gasteiger partial charge in [0, 0.05) is 22.7 Å². The van der Waals surface area contributed by atoms with Crippen molar-refractivity contribution >= 4 is 29.0 Å². The van der Waals surface area contributed by atoms with E-state index in [0.717, 1.165) is 11.8 Å². The standard InChI is InChI=1S/C19H15ClFN3O/c1-12(25)13-6-8-15(9-7-13)23-19-22-11-17(21)18(24-19)10-14-4-2-3-5-16(14)20/h2-9,11H,10H2,1H3,(H,22,23,24). The van der Waals surface area contributed by atoms with E-state index in [9.17, 15) is 9.18 Å². The van der Waals surface area contributed by atoms with Gasteiger partial charge in [-0.3, -0.25) is 4.79 Å². The number of Topliss-reactive ketones (excluding diaryl/α,β-unsaturated/α-hetero) is 1. The second-order valence-corrected chi connectivity index (χ2v) is 5.92. The Labute approximate surface area is 149 Å². The number of carbonyl (C=O) groups excluding carboxylic acids is 1. The third kappa shape index (κ3) is 4.19. The third-order valence-corrected chi connectivity index (χ3v) is 4.05. The average molecular weight is 356 g/mol. The van der Waals surface area contributed by atoms with Crippen LogP contribution in [0.25, 0.3) is 0 Å². The molecule has 4 nitrogen and oxygen atoms in total. The van der Waals surface area contributed by atoms with Crippen LogP contribution in [0, 0.1) is 5.82 Å². The molecule has 2 aromatic carbocycles. The number of benzene rings is 2. The zero-order valence-electron chi connectivity index (χ0n) is 13.5. The molecule has 25 heavy (non-hydrogen) atoms. The van der Waals surface area contributed by atoms with Gasteiger partial charge in [0.15, 0.2) is 11.6 Å². The van der Waals surface area contributed by atoms with Crippen LogP contribution in [-0.2, 0) is 6.42 Å². The Hall–Kier alpha value is -2.79. The average Bonchev–Trinajstić information content (AvgIpc) is 2.60. The molecule has 0 radical (unpaired) electrons. The molecule has 0 fully saturated rings. The quantitative estimate of drug-likeness (QED) is 0.667. The fourth-order valence-corrected chi connectivity index (χ4v) is 2.53. The Kier molecular flexibility index (Phi) is 5.05. The SMILES string of the molecule is CC(=O)c1ccc(Nc2ncc(F)c(Cc3ccccc3Cl)n2)cc1. The predicted octanol–water partition coefficient (Wildman–Crippen LogP) is 4.81. The van der Waals surface area contributed by atoms with Crippen LogP contribution in [-0.4, -0.2) is 15.8 Å². The minimum atomic E-state index is -0.489. The molecule has 0 aliphatic rings. The maximum atomic E-state index is 14.0. The lowest BCUT2D eigenvalue weighted by molar-refractivity contribution is 0.101. The van der Waals surface area contributed by atoms with Crippen molar-refractivity contribution in [3.63, 3.8) is 0 Å². The molecule has 0 bridgehead atoms. The molecule has 0 unspecified atom stereocenters. The van der Waals surface area contributed by atoms with Crippen molar-refractivity contribution < 1.29 is 9.18 Å². The lowest BCUT2D eigenvalue weighted by Gasteiger charge is -2.09. The van der Waals surface area contributed by atoms with Gasteiger partial charge in [0.1, 0.15) is 0 Å². The summed E-state index contributed by atoms with van der Waals surface area (Å²) in [4.78, 5) is 19.5. The van der Waals surface area contributed by atoms with Crippen LogP contribution >= 0.6 is 11.6 Å². The van der Waals surface area contributed by atoms with Gasteiger partial charge < -0.3 is 5.32 Å². The van der Waals surface area contributed by atoms with E-state index in [0.29, 0.717) is 16.3 Å². The molecule has 0 saturated carbocycles. The summed E-state index contributed by atoms with van der Waals surface area (Å²) < 4.78 is 14.0. The number of anilines is 2. The molecule has 1 heterocycles. The summed E-state index contributed by atoms with van der Waals surface area (Å²) in [5, 5.41) is 3.57. The van der Waals surface area contributed by atoms with Crippen molar-refractivity contribution in [3.8, 4) is 0 Å². The zero-order chi connectivity index (χ0) is 17.8. The molecular formula is C19H15ClFN3O. The molecule has 6 heteroatoms. The van der Waals surface area contributed by atoms with Gasteiger partial charge in [-0.1, -0.05) is 29.8 Å². The molecule has 1 aromatic heterocycles. The van der Waals surface area contributed by atoms with Gasteiger partial charge in [-0.05, 0) is 42.8 Å². The number of ketones is 1. The summed E-state index contributed by atoms with van der Waals surface area (Å²) in [5.41, 5.74) is 2.37. The van der Waals surface area contributed by atoms with Crippen molar-refractivity contribution in [1.82, 2.24) is 9.97 Å². The van der Waals surface area contributed by atoms with Crippen LogP contribution in [0.4, 0.5) is 16.0 Å². The molecular weight excluding hydrogens is 341 g/mol. The van der Waals surface area contributed by atoms with E-state index >= 15 is 0 Å². The first-order chi connectivity index (χ1) is 12.0. The normalized spacial score (nSPS) is 10.5. The summed E-state index contributed by atoms with van der Waals surface area (Å²) >= 11 is 6.13. The summed E-state index contributed by atoms with van der Waals surface area (Å²) in [6.45, 7) is 1.51. The van der Waals surface area contributed by atoms with E-state index in [1.807, 2.05) is 18.2 Å². The van der Waals surface area contributed by atoms with E-state index in [2.05, 4.69) is 15.3 Å². The highest BCUT2D eigenvalue weighted by Gasteiger charge is 2.10. The van der Waals surface area contributed by atoms with Gasteiger partial charge in [-0.15, -0.1) is 0 Å². The molecule has 3 aromatic rings. The number of halogens is 2. The van der Waals surface area contributed by atoms with Crippen molar-refractivity contribution in [2.75, 3.05) is 5.32 Å². The molecule has 0 spiro atoms. The molecule has 0 aliphatic carbocycles. The first-order valence-corrected chi connectivity index (χ1v) is 8.03. The lowest BCUT2D eigenvalue weighted by atomic mass is 10.1. The number of hydrogen-bond donors (Lipinski definition) is 1. The molecule has 126 valence electrons. The van der Waals surface area contributed by atoms with Gasteiger partial charge in [0.05, 0.1) is 11.9 Å². The topological polar surface area (TPSA) is 54.9 Å². The predicted molar refractivity (Wildman–Crippen MR) is 96.0 cm³/mol. The van der Waals surface area contributed by atoms with Crippen molar-refractivity contribution in [3.05, 3.63) is 82.4 Å². The lowest BCUT2D eigenvalue weighted by Crippen LogP contribution is -2.04. The van der Waals surface area contributed by atoms with Gasteiger partial charge >= 0.3 is 0 Å². The summed E-state index contributed by atoms with van der Waals surface area (Å²) in [6, 6.07) is 14.2. The van der Waals surface area contributed by atoms with Crippen LogP contribution in [0.5, 0.6) is 0 Å². The monoisotopic (exact) mass is 355 g/mol. The second kappa shape index (κ2) is 7.40. The smallest absolute Gasteiger partial charge is 0.227 e. The third-order valence-electron chi connectivity index (χ3n) is 3.68. The van der Waals surface area contributed by atoms with Crippen LogP contribution in [0.1, 0.15) is 28.5 Å². The molecule has 3 rings (SSSR count). The highest BCUT2D eigenvalue weighted by molar-refractivity contribution is 6.31. The zero-order valence-corrected chi connectivity index (χ0v) is 14.2. The number of nitrogens with zero attached hydrogens (tertiary/aromatic N) is 2. The van der Waals surface area contributed by atoms with E-state index in [4.69, 9.17) is 11.6 Å². The van der Waals surface area contributed by atoms with Gasteiger partial charge in [0.25, 0.3) is 0 Å².